The van der Waals surface area contributed by atoms with Gasteiger partial charge in [0.05, 0.1) is 5.92 Å². The van der Waals surface area contributed by atoms with Crippen molar-refractivity contribution < 1.29 is 4.79 Å². The maximum absolute atomic E-state index is 12.8. The van der Waals surface area contributed by atoms with Crippen molar-refractivity contribution in [1.29, 1.82) is 0 Å². The number of para-hydroxylation sites is 1. The summed E-state index contributed by atoms with van der Waals surface area (Å²) in [5, 5.41) is 3.18. The summed E-state index contributed by atoms with van der Waals surface area (Å²) in [5.74, 6) is 0.596. The topological polar surface area (TPSA) is 32.3 Å². The molecule has 0 aliphatic carbocycles. The van der Waals surface area contributed by atoms with E-state index in [1.807, 2.05) is 24.3 Å². The smallest absolute Gasteiger partial charge is 0.228 e. The van der Waals surface area contributed by atoms with E-state index in [1.165, 1.54) is 11.1 Å². The first-order valence-electron chi connectivity index (χ1n) is 9.39. The molecule has 26 heavy (non-hydrogen) atoms. The highest BCUT2D eigenvalue weighted by Crippen LogP contribution is 2.26. The molecule has 2 aromatic rings. The van der Waals surface area contributed by atoms with Gasteiger partial charge in [0, 0.05) is 23.2 Å². The van der Waals surface area contributed by atoms with Crippen LogP contribution in [0.3, 0.4) is 0 Å². The summed E-state index contributed by atoms with van der Waals surface area (Å²) in [4.78, 5) is 15.2. The van der Waals surface area contributed by atoms with Crippen LogP contribution in [0.4, 0.5) is 5.69 Å². The van der Waals surface area contributed by atoms with E-state index in [-0.39, 0.29) is 11.8 Å². The van der Waals surface area contributed by atoms with Crippen LogP contribution >= 0.6 is 15.9 Å². The summed E-state index contributed by atoms with van der Waals surface area (Å²) in [7, 11) is 0. The van der Waals surface area contributed by atoms with Crippen LogP contribution in [0.2, 0.25) is 0 Å². The molecule has 0 spiro atoms. The van der Waals surface area contributed by atoms with Crippen molar-refractivity contribution in [2.24, 2.45) is 5.92 Å². The molecule has 1 saturated heterocycles. The Morgan fingerprint density at radius 1 is 1.23 bits per heavy atom. The highest BCUT2D eigenvalue weighted by molar-refractivity contribution is 9.10. The van der Waals surface area contributed by atoms with E-state index in [4.69, 9.17) is 0 Å². The minimum Gasteiger partial charge on any atom is -0.326 e. The number of carbonyl (C=O) groups is 1. The molecule has 0 aromatic heterocycles. The lowest BCUT2D eigenvalue weighted by Gasteiger charge is -2.32. The van der Waals surface area contributed by atoms with Crippen LogP contribution in [0.5, 0.6) is 0 Å². The van der Waals surface area contributed by atoms with Crippen LogP contribution in [0.1, 0.15) is 43.7 Å². The van der Waals surface area contributed by atoms with Crippen LogP contribution < -0.4 is 5.32 Å². The largest absolute Gasteiger partial charge is 0.326 e. The molecular formula is C22H27BrN2O. The molecule has 1 N–H and O–H groups in total. The normalized spacial score (nSPS) is 18.1. The number of anilines is 1. The number of hydrogen-bond donors (Lipinski definition) is 1. The van der Waals surface area contributed by atoms with Crippen LogP contribution in [0.25, 0.3) is 0 Å². The predicted molar refractivity (Wildman–Crippen MR) is 111 cm³/mol. The predicted octanol–water partition coefficient (Wildman–Crippen LogP) is 5.42. The van der Waals surface area contributed by atoms with Gasteiger partial charge in [-0.1, -0.05) is 60.1 Å². The highest BCUT2D eigenvalue weighted by atomic mass is 79.9. The van der Waals surface area contributed by atoms with Crippen LogP contribution in [0, 0.1) is 5.92 Å². The van der Waals surface area contributed by atoms with Crippen molar-refractivity contribution in [2.45, 2.75) is 39.2 Å². The fourth-order valence-electron chi connectivity index (χ4n) is 3.66. The van der Waals surface area contributed by atoms with Gasteiger partial charge in [-0.3, -0.25) is 9.69 Å². The second-order valence-electron chi connectivity index (χ2n) is 7.44. The van der Waals surface area contributed by atoms with E-state index in [9.17, 15) is 4.79 Å². The first-order valence-corrected chi connectivity index (χ1v) is 10.2. The van der Waals surface area contributed by atoms with Gasteiger partial charge in [-0.25, -0.2) is 0 Å². The van der Waals surface area contributed by atoms with Crippen molar-refractivity contribution >= 4 is 27.5 Å². The Kier molecular flexibility index (Phi) is 6.49. The Morgan fingerprint density at radius 2 is 2.04 bits per heavy atom. The zero-order chi connectivity index (χ0) is 18.5. The lowest BCUT2D eigenvalue weighted by molar-refractivity contribution is -0.121. The summed E-state index contributed by atoms with van der Waals surface area (Å²) < 4.78 is 1.10. The maximum atomic E-state index is 12.8. The first-order chi connectivity index (χ1) is 12.5. The van der Waals surface area contributed by atoms with Crippen LogP contribution in [-0.2, 0) is 11.3 Å². The van der Waals surface area contributed by atoms with E-state index < -0.39 is 0 Å². The Bertz CT molecular complexity index is 759. The number of nitrogens with one attached hydrogen (secondary N) is 1. The average Bonchev–Trinajstić information content (AvgIpc) is 2.62. The van der Waals surface area contributed by atoms with Gasteiger partial charge in [0.15, 0.2) is 0 Å². The molecule has 1 aliphatic heterocycles. The fourth-order valence-corrected chi connectivity index (χ4v) is 4.10. The van der Waals surface area contributed by atoms with E-state index in [1.54, 1.807) is 0 Å². The third-order valence-electron chi connectivity index (χ3n) is 5.01. The molecule has 1 heterocycles. The number of benzene rings is 2. The number of likely N-dealkylation sites (tertiary alicyclic amines) is 1. The first kappa shape index (κ1) is 19.1. The molecule has 4 heteroatoms. The van der Waals surface area contributed by atoms with E-state index in [2.05, 4.69) is 64.3 Å². The fraction of sp³-hybridized carbons (Fsp3) is 0.409. The second kappa shape index (κ2) is 8.83. The number of rotatable bonds is 5. The lowest BCUT2D eigenvalue weighted by atomic mass is 9.95. The second-order valence-corrected chi connectivity index (χ2v) is 8.35. The molecule has 0 radical (unpaired) electrons. The van der Waals surface area contributed by atoms with Gasteiger partial charge in [-0.15, -0.1) is 0 Å². The van der Waals surface area contributed by atoms with Crippen molar-refractivity contribution in [3.8, 4) is 0 Å². The van der Waals surface area contributed by atoms with Gasteiger partial charge in [-0.2, -0.15) is 0 Å². The molecule has 1 fully saturated rings. The number of nitrogens with zero attached hydrogens (tertiary/aromatic N) is 1. The number of halogens is 1. The number of hydrogen-bond acceptors (Lipinski definition) is 2. The SMILES string of the molecule is CC(C)c1ccccc1NC(=O)C1CCCN(Cc2cccc(Br)c2)C1. The van der Waals surface area contributed by atoms with Crippen molar-refractivity contribution in [2.75, 3.05) is 18.4 Å². The monoisotopic (exact) mass is 414 g/mol. The molecule has 1 atom stereocenters. The van der Waals surface area contributed by atoms with Crippen molar-refractivity contribution in [1.82, 2.24) is 4.90 Å². The van der Waals surface area contributed by atoms with Crippen LogP contribution in [-0.4, -0.2) is 23.9 Å². The molecule has 0 bridgehead atoms. The zero-order valence-electron chi connectivity index (χ0n) is 15.5. The maximum Gasteiger partial charge on any atom is 0.228 e. The Balaban J connectivity index is 1.63. The molecule has 1 amide bonds. The van der Waals surface area contributed by atoms with E-state index in [0.717, 1.165) is 42.6 Å². The summed E-state index contributed by atoms with van der Waals surface area (Å²) >= 11 is 3.53. The van der Waals surface area contributed by atoms with Crippen molar-refractivity contribution in [3.63, 3.8) is 0 Å². The number of carbonyl (C=O) groups excluding carboxylic acids is 1. The lowest BCUT2D eigenvalue weighted by Crippen LogP contribution is -2.40. The van der Waals surface area contributed by atoms with Gasteiger partial charge in [0.1, 0.15) is 0 Å². The molecule has 0 saturated carbocycles. The molecule has 3 nitrogen and oxygen atoms in total. The third kappa shape index (κ3) is 4.95. The van der Waals surface area contributed by atoms with Gasteiger partial charge in [0.2, 0.25) is 5.91 Å². The quantitative estimate of drug-likeness (QED) is 0.707. The van der Waals surface area contributed by atoms with Gasteiger partial charge >= 0.3 is 0 Å². The number of piperidine rings is 1. The summed E-state index contributed by atoms with van der Waals surface area (Å²) in [6, 6.07) is 16.5. The molecule has 2 aromatic carbocycles. The van der Waals surface area contributed by atoms with Crippen molar-refractivity contribution in [3.05, 3.63) is 64.1 Å². The minimum absolute atomic E-state index is 0.0520. The molecule has 138 valence electrons. The average molecular weight is 415 g/mol. The summed E-state index contributed by atoms with van der Waals surface area (Å²) in [5.41, 5.74) is 3.44. The number of amides is 1. The molecule has 1 aliphatic rings. The Morgan fingerprint density at radius 3 is 2.81 bits per heavy atom. The highest BCUT2D eigenvalue weighted by Gasteiger charge is 2.26. The van der Waals surface area contributed by atoms with Crippen LogP contribution in [0.15, 0.2) is 53.0 Å². The summed E-state index contributed by atoms with van der Waals surface area (Å²) in [6.07, 6.45) is 2.03. The standard InChI is InChI=1S/C22H27BrN2O/c1-16(2)20-10-3-4-11-21(20)24-22(26)18-8-6-12-25(15-18)14-17-7-5-9-19(23)13-17/h3-5,7,9-11,13,16,18H,6,8,12,14-15H2,1-2H3,(H,24,26). The molecular weight excluding hydrogens is 388 g/mol. The van der Waals surface area contributed by atoms with E-state index >= 15 is 0 Å². The Labute approximate surface area is 164 Å². The summed E-state index contributed by atoms with van der Waals surface area (Å²) in [6.45, 7) is 7.09. The van der Waals surface area contributed by atoms with E-state index in [0.29, 0.717) is 5.92 Å². The molecule has 3 rings (SSSR count). The minimum atomic E-state index is 0.0520. The van der Waals surface area contributed by atoms with Gasteiger partial charge in [-0.05, 0) is 54.6 Å². The molecule has 1 unspecified atom stereocenters. The van der Waals surface area contributed by atoms with Gasteiger partial charge in [0.25, 0.3) is 0 Å². The zero-order valence-corrected chi connectivity index (χ0v) is 17.1. The Hall–Kier alpha value is -1.65. The van der Waals surface area contributed by atoms with Gasteiger partial charge < -0.3 is 5.32 Å². The third-order valence-corrected chi connectivity index (χ3v) is 5.51.